The molecule has 100 valence electrons. The predicted molar refractivity (Wildman–Crippen MR) is 76.5 cm³/mol. The molecule has 1 atom stereocenters. The van der Waals surface area contributed by atoms with Crippen molar-refractivity contribution in [1.82, 2.24) is 9.78 Å². The Balaban J connectivity index is 2.24. The minimum Gasteiger partial charge on any atom is -0.492 e. The van der Waals surface area contributed by atoms with Gasteiger partial charge in [0.1, 0.15) is 0 Å². The van der Waals surface area contributed by atoms with E-state index in [2.05, 4.69) is 12.0 Å². The SMILES string of the molecule is CC[C@@H](Cn1cc(-c2ccccc2)c(O)n1)C(C)=N. The molecule has 0 fully saturated rings. The molecule has 19 heavy (non-hydrogen) atoms. The van der Waals surface area contributed by atoms with Crippen molar-refractivity contribution in [3.8, 4) is 17.0 Å². The number of hydrogen-bond acceptors (Lipinski definition) is 3. The summed E-state index contributed by atoms with van der Waals surface area (Å²) in [5.74, 6) is 0.214. The molecule has 0 aliphatic heterocycles. The molecule has 0 bridgehead atoms. The van der Waals surface area contributed by atoms with E-state index >= 15 is 0 Å². The van der Waals surface area contributed by atoms with Gasteiger partial charge >= 0.3 is 0 Å². The Bertz CT molecular complexity index is 560. The van der Waals surface area contributed by atoms with Crippen molar-refractivity contribution in [2.45, 2.75) is 26.8 Å². The monoisotopic (exact) mass is 257 g/mol. The molecular weight excluding hydrogens is 238 g/mol. The van der Waals surface area contributed by atoms with Crippen LogP contribution in [0, 0.1) is 11.3 Å². The van der Waals surface area contributed by atoms with Gasteiger partial charge < -0.3 is 10.5 Å². The molecule has 1 heterocycles. The number of rotatable bonds is 5. The fourth-order valence-corrected chi connectivity index (χ4v) is 2.12. The Kier molecular flexibility index (Phi) is 4.00. The molecule has 1 aromatic heterocycles. The van der Waals surface area contributed by atoms with E-state index in [1.54, 1.807) is 4.68 Å². The van der Waals surface area contributed by atoms with Gasteiger partial charge in [-0.3, -0.25) is 4.68 Å². The third-order valence-electron chi connectivity index (χ3n) is 3.34. The van der Waals surface area contributed by atoms with Crippen LogP contribution in [0.3, 0.4) is 0 Å². The van der Waals surface area contributed by atoms with Gasteiger partial charge in [0.25, 0.3) is 0 Å². The Labute approximate surface area is 113 Å². The lowest BCUT2D eigenvalue weighted by molar-refractivity contribution is 0.425. The van der Waals surface area contributed by atoms with Crippen molar-refractivity contribution in [3.05, 3.63) is 36.5 Å². The average molecular weight is 257 g/mol. The van der Waals surface area contributed by atoms with Gasteiger partial charge in [0.15, 0.2) is 0 Å². The summed E-state index contributed by atoms with van der Waals surface area (Å²) in [4.78, 5) is 0. The third-order valence-corrected chi connectivity index (χ3v) is 3.34. The maximum absolute atomic E-state index is 9.92. The number of aromatic hydroxyl groups is 1. The summed E-state index contributed by atoms with van der Waals surface area (Å²) >= 11 is 0. The lowest BCUT2D eigenvalue weighted by Crippen LogP contribution is -2.17. The van der Waals surface area contributed by atoms with Gasteiger partial charge in [0.2, 0.25) is 5.88 Å². The summed E-state index contributed by atoms with van der Waals surface area (Å²) in [5, 5.41) is 21.8. The first kappa shape index (κ1) is 13.3. The van der Waals surface area contributed by atoms with Crippen LogP contribution >= 0.6 is 0 Å². The molecule has 0 radical (unpaired) electrons. The fourth-order valence-electron chi connectivity index (χ4n) is 2.12. The molecule has 0 amide bonds. The minimum absolute atomic E-state index is 0.0451. The highest BCUT2D eigenvalue weighted by Crippen LogP contribution is 2.27. The molecule has 2 N–H and O–H groups in total. The zero-order valence-electron chi connectivity index (χ0n) is 11.3. The van der Waals surface area contributed by atoms with Crippen LogP contribution in [0.15, 0.2) is 36.5 Å². The Morgan fingerprint density at radius 2 is 2.05 bits per heavy atom. The molecule has 4 nitrogen and oxygen atoms in total. The van der Waals surface area contributed by atoms with Gasteiger partial charge in [-0.1, -0.05) is 37.3 Å². The van der Waals surface area contributed by atoms with Crippen LogP contribution in [-0.4, -0.2) is 20.6 Å². The fraction of sp³-hybridized carbons (Fsp3) is 0.333. The van der Waals surface area contributed by atoms with E-state index < -0.39 is 0 Å². The highest BCUT2D eigenvalue weighted by molar-refractivity contribution is 5.81. The van der Waals surface area contributed by atoms with E-state index in [0.717, 1.165) is 17.5 Å². The van der Waals surface area contributed by atoms with Crippen LogP contribution in [0.2, 0.25) is 0 Å². The first-order valence-corrected chi connectivity index (χ1v) is 6.48. The lowest BCUT2D eigenvalue weighted by Gasteiger charge is -2.12. The maximum Gasteiger partial charge on any atom is 0.238 e. The normalized spacial score (nSPS) is 12.3. The van der Waals surface area contributed by atoms with Crippen molar-refractivity contribution in [2.24, 2.45) is 5.92 Å². The molecule has 0 unspecified atom stereocenters. The van der Waals surface area contributed by atoms with Gasteiger partial charge in [-0.05, 0) is 18.9 Å². The molecule has 1 aromatic carbocycles. The van der Waals surface area contributed by atoms with Crippen molar-refractivity contribution in [3.63, 3.8) is 0 Å². The van der Waals surface area contributed by atoms with Crippen LogP contribution in [0.1, 0.15) is 20.3 Å². The first-order valence-electron chi connectivity index (χ1n) is 6.48. The topological polar surface area (TPSA) is 61.9 Å². The molecule has 0 saturated heterocycles. The van der Waals surface area contributed by atoms with Crippen molar-refractivity contribution in [1.29, 1.82) is 5.41 Å². The summed E-state index contributed by atoms with van der Waals surface area (Å²) in [7, 11) is 0. The zero-order chi connectivity index (χ0) is 13.8. The second-order valence-corrected chi connectivity index (χ2v) is 4.74. The number of benzene rings is 1. The number of hydrogen-bond donors (Lipinski definition) is 2. The molecule has 0 aliphatic carbocycles. The second-order valence-electron chi connectivity index (χ2n) is 4.74. The lowest BCUT2D eigenvalue weighted by atomic mass is 10.0. The van der Waals surface area contributed by atoms with E-state index in [0.29, 0.717) is 12.3 Å². The van der Waals surface area contributed by atoms with E-state index in [4.69, 9.17) is 5.41 Å². The average Bonchev–Trinajstić information content (AvgIpc) is 2.77. The third kappa shape index (κ3) is 3.02. The first-order chi connectivity index (χ1) is 9.11. The van der Waals surface area contributed by atoms with Crippen molar-refractivity contribution in [2.75, 3.05) is 0 Å². The smallest absolute Gasteiger partial charge is 0.238 e. The van der Waals surface area contributed by atoms with Crippen molar-refractivity contribution < 1.29 is 5.11 Å². The molecule has 4 heteroatoms. The molecule has 0 aliphatic rings. The zero-order valence-corrected chi connectivity index (χ0v) is 11.3. The van der Waals surface area contributed by atoms with E-state index in [-0.39, 0.29) is 11.8 Å². The van der Waals surface area contributed by atoms with Gasteiger partial charge in [-0.25, -0.2) is 0 Å². The summed E-state index contributed by atoms with van der Waals surface area (Å²) in [6.45, 7) is 4.51. The summed E-state index contributed by atoms with van der Waals surface area (Å²) in [5.41, 5.74) is 2.34. The van der Waals surface area contributed by atoms with Gasteiger partial charge in [-0.2, -0.15) is 0 Å². The number of nitrogens with one attached hydrogen (secondary N) is 1. The quantitative estimate of drug-likeness (QED) is 0.807. The molecule has 0 saturated carbocycles. The second kappa shape index (κ2) is 5.69. The van der Waals surface area contributed by atoms with E-state index in [9.17, 15) is 5.11 Å². The molecule has 2 aromatic rings. The summed E-state index contributed by atoms with van der Waals surface area (Å²) in [6, 6.07) is 9.70. The molecular formula is C15H19N3O. The Morgan fingerprint density at radius 3 is 2.63 bits per heavy atom. The van der Waals surface area contributed by atoms with E-state index in [1.165, 1.54) is 0 Å². The van der Waals surface area contributed by atoms with Crippen LogP contribution in [0.5, 0.6) is 5.88 Å². The largest absolute Gasteiger partial charge is 0.492 e. The molecule has 0 spiro atoms. The number of aromatic nitrogens is 2. The van der Waals surface area contributed by atoms with Gasteiger partial charge in [0, 0.05) is 24.4 Å². The summed E-state index contributed by atoms with van der Waals surface area (Å²) in [6.07, 6.45) is 2.74. The van der Waals surface area contributed by atoms with Crippen LogP contribution in [0.4, 0.5) is 0 Å². The summed E-state index contributed by atoms with van der Waals surface area (Å²) < 4.78 is 1.73. The Morgan fingerprint density at radius 1 is 1.37 bits per heavy atom. The van der Waals surface area contributed by atoms with Crippen LogP contribution in [-0.2, 0) is 6.54 Å². The number of nitrogens with zero attached hydrogens (tertiary/aromatic N) is 2. The highest BCUT2D eigenvalue weighted by Gasteiger charge is 2.14. The molecule has 2 rings (SSSR count). The predicted octanol–water partition coefficient (Wildman–Crippen LogP) is 3.32. The maximum atomic E-state index is 9.92. The highest BCUT2D eigenvalue weighted by atomic mass is 16.3. The Hall–Kier alpha value is -2.10. The standard InChI is InChI=1S/C15H19N3O/c1-3-12(11(2)16)9-18-10-14(15(19)17-18)13-7-5-4-6-8-13/h4-8,10,12,16H,3,9H2,1-2H3,(H,17,19)/t12-/m0/s1. The van der Waals surface area contributed by atoms with Crippen LogP contribution < -0.4 is 0 Å². The van der Waals surface area contributed by atoms with E-state index in [1.807, 2.05) is 43.5 Å². The van der Waals surface area contributed by atoms with Gasteiger partial charge in [-0.15, -0.1) is 5.10 Å². The van der Waals surface area contributed by atoms with Crippen LogP contribution in [0.25, 0.3) is 11.1 Å². The van der Waals surface area contributed by atoms with Crippen molar-refractivity contribution >= 4 is 5.71 Å². The van der Waals surface area contributed by atoms with Gasteiger partial charge in [0.05, 0.1) is 5.56 Å². The minimum atomic E-state index is 0.0451.